The third-order valence-electron chi connectivity index (χ3n) is 2.43. The third-order valence-corrected chi connectivity index (χ3v) is 2.68. The fraction of sp³-hybridized carbons (Fsp3) is 0.167. The zero-order valence-electron chi connectivity index (χ0n) is 11.0. The summed E-state index contributed by atoms with van der Waals surface area (Å²) in [6, 6.07) is 7.00. The van der Waals surface area contributed by atoms with E-state index in [1.807, 2.05) is 0 Å². The van der Waals surface area contributed by atoms with Gasteiger partial charge in [0.15, 0.2) is 5.69 Å². The Hall–Kier alpha value is -2.41. The lowest BCUT2D eigenvalue weighted by atomic mass is 10.1. The predicted molar refractivity (Wildman–Crippen MR) is 75.8 cm³/mol. The van der Waals surface area contributed by atoms with Crippen LogP contribution in [0.25, 0.3) is 11.3 Å². The van der Waals surface area contributed by atoms with Gasteiger partial charge in [0.1, 0.15) is 11.4 Å². The average Bonchev–Trinajstić information content (AvgIpc) is 2.81. The molecule has 1 aromatic carbocycles. The second-order valence-corrected chi connectivity index (χ2v) is 4.64. The molecule has 0 aliphatic rings. The van der Waals surface area contributed by atoms with Crippen LogP contribution in [0.3, 0.4) is 0 Å². The number of nitrogens with two attached hydrogens (primary N) is 1. The highest BCUT2D eigenvalue weighted by Crippen LogP contribution is 2.32. The highest BCUT2D eigenvalue weighted by Gasteiger charge is 2.18. The number of benzene rings is 1. The number of aromatic amines is 1. The Morgan fingerprint density at radius 2 is 2.00 bits per heavy atom. The third kappa shape index (κ3) is 2.94. The van der Waals surface area contributed by atoms with Gasteiger partial charge in [-0.25, -0.2) is 0 Å². The van der Waals surface area contributed by atoms with Gasteiger partial charge in [-0.1, -0.05) is 29.0 Å². The summed E-state index contributed by atoms with van der Waals surface area (Å²) in [5.74, 6) is -0.648. The number of nitrogens with zero attached hydrogens (tertiary/aromatic N) is 4. The van der Waals surface area contributed by atoms with E-state index >= 15 is 0 Å². The van der Waals surface area contributed by atoms with E-state index < -0.39 is 5.91 Å². The summed E-state index contributed by atoms with van der Waals surface area (Å²) in [5.41, 5.74) is 6.94. The number of carbonyl (C=O) groups excluding carboxylic acids is 1. The van der Waals surface area contributed by atoms with Crippen molar-refractivity contribution >= 4 is 23.2 Å². The summed E-state index contributed by atoms with van der Waals surface area (Å²) in [4.78, 5) is 11.4. The largest absolute Gasteiger partial charge is 0.364 e. The average molecular weight is 293 g/mol. The fourth-order valence-electron chi connectivity index (χ4n) is 1.55. The number of rotatable bonds is 4. The fourth-order valence-corrected chi connectivity index (χ4v) is 1.67. The molecular weight excluding hydrogens is 280 g/mol. The Morgan fingerprint density at radius 1 is 1.35 bits per heavy atom. The number of H-pyrrole nitrogens is 1. The SMILES string of the molecule is CN(C)N=Nc1c(-c2ccc(Cl)cc2)n[nH]c1C(N)=O. The first-order chi connectivity index (χ1) is 9.49. The summed E-state index contributed by atoms with van der Waals surface area (Å²) < 4.78 is 0. The molecule has 2 rings (SSSR count). The Balaban J connectivity index is 2.53. The highest BCUT2D eigenvalue weighted by atomic mass is 35.5. The number of carbonyl (C=O) groups is 1. The van der Waals surface area contributed by atoms with Crippen LogP contribution in [0.1, 0.15) is 10.5 Å². The van der Waals surface area contributed by atoms with Crippen LogP contribution in [0.2, 0.25) is 5.02 Å². The number of hydrogen-bond donors (Lipinski definition) is 2. The minimum Gasteiger partial charge on any atom is -0.364 e. The molecule has 0 unspecified atom stereocenters. The number of amides is 1. The Kier molecular flexibility index (Phi) is 3.99. The number of primary amides is 1. The van der Waals surface area contributed by atoms with Gasteiger partial charge < -0.3 is 5.73 Å². The minimum atomic E-state index is -0.648. The van der Waals surface area contributed by atoms with Gasteiger partial charge in [0.25, 0.3) is 5.91 Å². The standard InChI is InChI=1S/C12H13ClN6O/c1-19(2)18-17-10-9(15-16-11(10)12(14)20)7-3-5-8(13)6-4-7/h3-6H,1-2H3,(H2,14,20)(H,15,16). The smallest absolute Gasteiger partial charge is 0.269 e. The first-order valence-corrected chi connectivity index (χ1v) is 6.10. The van der Waals surface area contributed by atoms with Gasteiger partial charge in [-0.3, -0.25) is 14.9 Å². The lowest BCUT2D eigenvalue weighted by Crippen LogP contribution is -2.11. The van der Waals surface area contributed by atoms with E-state index in [-0.39, 0.29) is 5.69 Å². The van der Waals surface area contributed by atoms with Crippen molar-refractivity contribution in [2.75, 3.05) is 14.1 Å². The maximum absolute atomic E-state index is 11.4. The van der Waals surface area contributed by atoms with Gasteiger partial charge in [0.2, 0.25) is 0 Å². The molecule has 2 aromatic rings. The molecule has 0 saturated carbocycles. The molecule has 0 aliphatic heterocycles. The number of hydrogen-bond acceptors (Lipinski definition) is 4. The molecule has 0 fully saturated rings. The summed E-state index contributed by atoms with van der Waals surface area (Å²) in [6.07, 6.45) is 0. The van der Waals surface area contributed by atoms with Gasteiger partial charge in [-0.05, 0) is 12.1 Å². The second-order valence-electron chi connectivity index (χ2n) is 4.20. The van der Waals surface area contributed by atoms with Crippen LogP contribution < -0.4 is 5.73 Å². The molecule has 0 saturated heterocycles. The van der Waals surface area contributed by atoms with Crippen LogP contribution >= 0.6 is 11.6 Å². The summed E-state index contributed by atoms with van der Waals surface area (Å²) in [5, 5.41) is 16.7. The van der Waals surface area contributed by atoms with Crippen molar-refractivity contribution in [1.82, 2.24) is 15.2 Å². The summed E-state index contributed by atoms with van der Waals surface area (Å²) in [6.45, 7) is 0. The van der Waals surface area contributed by atoms with E-state index in [1.165, 1.54) is 5.01 Å². The molecule has 0 bridgehead atoms. The van der Waals surface area contributed by atoms with Crippen molar-refractivity contribution in [3.63, 3.8) is 0 Å². The van der Waals surface area contributed by atoms with Crippen LogP contribution in [-0.4, -0.2) is 35.2 Å². The monoisotopic (exact) mass is 292 g/mol. The minimum absolute atomic E-state index is 0.112. The lowest BCUT2D eigenvalue weighted by molar-refractivity contribution is 0.0996. The molecule has 104 valence electrons. The van der Waals surface area contributed by atoms with Gasteiger partial charge >= 0.3 is 0 Å². The Morgan fingerprint density at radius 3 is 2.55 bits per heavy atom. The molecule has 3 N–H and O–H groups in total. The summed E-state index contributed by atoms with van der Waals surface area (Å²) in [7, 11) is 3.44. The van der Waals surface area contributed by atoms with Crippen molar-refractivity contribution in [3.05, 3.63) is 35.0 Å². The first-order valence-electron chi connectivity index (χ1n) is 5.72. The van der Waals surface area contributed by atoms with Crippen molar-refractivity contribution in [2.24, 2.45) is 16.1 Å². The molecule has 20 heavy (non-hydrogen) atoms. The Bertz CT molecular complexity index is 646. The van der Waals surface area contributed by atoms with E-state index in [1.54, 1.807) is 38.4 Å². The molecule has 0 radical (unpaired) electrons. The number of halogens is 1. The van der Waals surface area contributed by atoms with E-state index in [4.69, 9.17) is 17.3 Å². The van der Waals surface area contributed by atoms with Crippen molar-refractivity contribution < 1.29 is 4.79 Å². The van der Waals surface area contributed by atoms with Gasteiger partial charge in [-0.2, -0.15) is 5.10 Å². The lowest BCUT2D eigenvalue weighted by Gasteiger charge is -2.02. The zero-order chi connectivity index (χ0) is 14.7. The van der Waals surface area contributed by atoms with E-state index in [0.717, 1.165) is 5.56 Å². The molecule has 0 aliphatic carbocycles. The zero-order valence-corrected chi connectivity index (χ0v) is 11.7. The van der Waals surface area contributed by atoms with Crippen LogP contribution in [0.5, 0.6) is 0 Å². The van der Waals surface area contributed by atoms with Crippen molar-refractivity contribution in [1.29, 1.82) is 0 Å². The van der Waals surface area contributed by atoms with E-state index in [0.29, 0.717) is 16.4 Å². The van der Waals surface area contributed by atoms with E-state index in [2.05, 4.69) is 20.5 Å². The van der Waals surface area contributed by atoms with Crippen molar-refractivity contribution in [2.45, 2.75) is 0 Å². The molecule has 0 spiro atoms. The predicted octanol–water partition coefficient (Wildman–Crippen LogP) is 2.39. The van der Waals surface area contributed by atoms with E-state index in [9.17, 15) is 4.79 Å². The number of nitrogens with one attached hydrogen (secondary N) is 1. The molecule has 7 nitrogen and oxygen atoms in total. The molecular formula is C12H13ClN6O. The maximum atomic E-state index is 11.4. The highest BCUT2D eigenvalue weighted by molar-refractivity contribution is 6.30. The topological polar surface area (TPSA) is 99.7 Å². The molecule has 1 aromatic heterocycles. The quantitative estimate of drug-likeness (QED) is 0.668. The Labute approximate surface area is 120 Å². The molecule has 1 heterocycles. The summed E-state index contributed by atoms with van der Waals surface area (Å²) >= 11 is 5.85. The second kappa shape index (κ2) is 5.70. The van der Waals surface area contributed by atoms with Gasteiger partial charge in [0.05, 0.1) is 0 Å². The van der Waals surface area contributed by atoms with Crippen LogP contribution in [0.15, 0.2) is 34.6 Å². The first kappa shape index (κ1) is 14.0. The number of aromatic nitrogens is 2. The normalized spacial score (nSPS) is 10.9. The molecule has 0 atom stereocenters. The van der Waals surface area contributed by atoms with Crippen LogP contribution in [0, 0.1) is 0 Å². The maximum Gasteiger partial charge on any atom is 0.269 e. The van der Waals surface area contributed by atoms with Gasteiger partial charge in [0, 0.05) is 24.7 Å². The van der Waals surface area contributed by atoms with Gasteiger partial charge in [-0.15, -0.1) is 5.11 Å². The van der Waals surface area contributed by atoms with Crippen LogP contribution in [-0.2, 0) is 0 Å². The molecule has 1 amide bonds. The van der Waals surface area contributed by atoms with Crippen molar-refractivity contribution in [3.8, 4) is 11.3 Å². The molecule has 8 heteroatoms. The van der Waals surface area contributed by atoms with Crippen LogP contribution in [0.4, 0.5) is 5.69 Å².